The Bertz CT molecular complexity index is 918. The van der Waals surface area contributed by atoms with Crippen LogP contribution in [0.3, 0.4) is 0 Å². The maximum Gasteiger partial charge on any atom is 0.144 e. The molecule has 1 atom stereocenters. The number of nitrogens with zero attached hydrogens (tertiary/aromatic N) is 4. The predicted octanol–water partition coefficient (Wildman–Crippen LogP) is 2.78. The molecule has 1 aliphatic rings. The number of ether oxygens (including phenoxy) is 1. The molecule has 0 aliphatic carbocycles. The molecular formula is C19H22N6OS. The highest BCUT2D eigenvalue weighted by molar-refractivity contribution is 7.59. The largest absolute Gasteiger partial charge is 0.491 e. The second-order valence-corrected chi connectivity index (χ2v) is 6.32. The van der Waals surface area contributed by atoms with E-state index >= 15 is 0 Å². The van der Waals surface area contributed by atoms with Gasteiger partial charge in [-0.2, -0.15) is 13.5 Å². The molecule has 0 bridgehead atoms. The van der Waals surface area contributed by atoms with Crippen LogP contribution in [0.15, 0.2) is 43.0 Å². The summed E-state index contributed by atoms with van der Waals surface area (Å²) in [5.74, 6) is 2.46. The topological polar surface area (TPSA) is 98.8 Å². The molecule has 27 heavy (non-hydrogen) atoms. The second-order valence-electron chi connectivity index (χ2n) is 6.32. The Hall–Kier alpha value is -2.87. The van der Waals surface area contributed by atoms with Crippen LogP contribution in [0.25, 0.3) is 11.3 Å². The zero-order chi connectivity index (χ0) is 17.9. The van der Waals surface area contributed by atoms with Crippen molar-refractivity contribution in [3.05, 3.63) is 54.2 Å². The molecular weight excluding hydrogens is 360 g/mol. The number of nitrogens with two attached hydrogens (primary N) is 1. The Labute approximate surface area is 164 Å². The standard InChI is InChI=1S/C19H20N6O.H2S/c1-12(14-4-6-21-15-5-7-26-19(14)15)9-23-18-8-16(24-11-25-18)13-2-3-17(20)22-10-13;/h2-4,6,8,10-12H,5,7,9H2,1H3,(H2,20,22)(H,23,24,25);1H2/t12-;/m1./s1. The smallest absolute Gasteiger partial charge is 0.144 e. The average molecular weight is 382 g/mol. The fraction of sp³-hybridized carbons (Fsp3) is 0.263. The van der Waals surface area contributed by atoms with Crippen molar-refractivity contribution in [3.63, 3.8) is 0 Å². The molecule has 0 spiro atoms. The average Bonchev–Trinajstić information content (AvgIpc) is 3.16. The van der Waals surface area contributed by atoms with Gasteiger partial charge in [-0.05, 0) is 18.2 Å². The van der Waals surface area contributed by atoms with Gasteiger partial charge in [0.25, 0.3) is 0 Å². The highest BCUT2D eigenvalue weighted by Gasteiger charge is 2.20. The highest BCUT2D eigenvalue weighted by atomic mass is 32.1. The molecule has 140 valence electrons. The lowest BCUT2D eigenvalue weighted by atomic mass is 10.00. The van der Waals surface area contributed by atoms with Gasteiger partial charge in [0.2, 0.25) is 0 Å². The third-order valence-electron chi connectivity index (χ3n) is 4.46. The molecule has 0 radical (unpaired) electrons. The number of fused-ring (bicyclic) bond motifs is 1. The summed E-state index contributed by atoms with van der Waals surface area (Å²) < 4.78 is 5.76. The van der Waals surface area contributed by atoms with Gasteiger partial charge in [0.05, 0.1) is 18.0 Å². The van der Waals surface area contributed by atoms with Crippen molar-refractivity contribution >= 4 is 25.1 Å². The summed E-state index contributed by atoms with van der Waals surface area (Å²) in [6.45, 7) is 3.61. The van der Waals surface area contributed by atoms with E-state index in [0.717, 1.165) is 41.5 Å². The maximum atomic E-state index is 5.76. The van der Waals surface area contributed by atoms with Gasteiger partial charge < -0.3 is 15.8 Å². The lowest BCUT2D eigenvalue weighted by Crippen LogP contribution is -2.12. The summed E-state index contributed by atoms with van der Waals surface area (Å²) >= 11 is 0. The molecule has 4 rings (SSSR count). The Kier molecular flexibility index (Phi) is 5.75. The van der Waals surface area contributed by atoms with Crippen LogP contribution >= 0.6 is 13.5 Å². The molecule has 0 amide bonds. The van der Waals surface area contributed by atoms with Gasteiger partial charge in [-0.3, -0.25) is 4.98 Å². The van der Waals surface area contributed by atoms with Crippen LogP contribution in [0.1, 0.15) is 24.1 Å². The van der Waals surface area contributed by atoms with Gasteiger partial charge in [-0.15, -0.1) is 0 Å². The first-order valence-corrected chi connectivity index (χ1v) is 8.59. The molecule has 0 saturated carbocycles. The monoisotopic (exact) mass is 382 g/mol. The minimum absolute atomic E-state index is 0. The first kappa shape index (κ1) is 18.9. The Morgan fingerprint density at radius 3 is 2.89 bits per heavy atom. The van der Waals surface area contributed by atoms with E-state index in [2.05, 4.69) is 32.2 Å². The van der Waals surface area contributed by atoms with Gasteiger partial charge >= 0.3 is 0 Å². The van der Waals surface area contributed by atoms with Crippen molar-refractivity contribution in [2.45, 2.75) is 19.3 Å². The van der Waals surface area contributed by atoms with Crippen LogP contribution < -0.4 is 15.8 Å². The third kappa shape index (κ3) is 4.11. The van der Waals surface area contributed by atoms with Crippen molar-refractivity contribution in [3.8, 4) is 17.0 Å². The lowest BCUT2D eigenvalue weighted by Gasteiger charge is -2.16. The number of nitrogen functional groups attached to an aromatic ring is 1. The Morgan fingerprint density at radius 2 is 2.07 bits per heavy atom. The molecule has 0 unspecified atom stereocenters. The molecule has 1 aliphatic heterocycles. The van der Waals surface area contributed by atoms with Gasteiger partial charge in [0.15, 0.2) is 0 Å². The zero-order valence-corrected chi connectivity index (χ0v) is 16.0. The van der Waals surface area contributed by atoms with E-state index in [1.54, 1.807) is 18.6 Å². The third-order valence-corrected chi connectivity index (χ3v) is 4.46. The summed E-state index contributed by atoms with van der Waals surface area (Å²) in [4.78, 5) is 17.1. The van der Waals surface area contributed by atoms with E-state index in [-0.39, 0.29) is 19.4 Å². The first-order valence-electron chi connectivity index (χ1n) is 8.59. The number of anilines is 2. The van der Waals surface area contributed by atoms with Gasteiger partial charge in [0.1, 0.15) is 23.7 Å². The van der Waals surface area contributed by atoms with Crippen molar-refractivity contribution in [2.75, 3.05) is 24.2 Å². The van der Waals surface area contributed by atoms with Crippen molar-refractivity contribution in [2.24, 2.45) is 0 Å². The van der Waals surface area contributed by atoms with E-state index in [0.29, 0.717) is 12.4 Å². The van der Waals surface area contributed by atoms with E-state index < -0.39 is 0 Å². The molecule has 7 nitrogen and oxygen atoms in total. The van der Waals surface area contributed by atoms with E-state index in [1.807, 2.05) is 24.4 Å². The van der Waals surface area contributed by atoms with Gasteiger partial charge in [0, 0.05) is 48.5 Å². The van der Waals surface area contributed by atoms with Gasteiger partial charge in [-0.1, -0.05) is 6.92 Å². The van der Waals surface area contributed by atoms with E-state index in [9.17, 15) is 0 Å². The molecule has 3 N–H and O–H groups in total. The zero-order valence-electron chi connectivity index (χ0n) is 15.0. The SMILES string of the molecule is C[C@H](CNc1cc(-c2ccc(N)nc2)ncn1)c1ccnc2c1OCC2.S. The molecule has 8 heteroatoms. The fourth-order valence-electron chi connectivity index (χ4n) is 3.03. The fourth-order valence-corrected chi connectivity index (χ4v) is 3.03. The molecule has 3 aromatic rings. The normalized spacial score (nSPS) is 13.2. The van der Waals surface area contributed by atoms with Crippen LogP contribution in [-0.4, -0.2) is 33.1 Å². The molecule has 4 heterocycles. The van der Waals surface area contributed by atoms with Crippen LogP contribution in [0.2, 0.25) is 0 Å². The van der Waals surface area contributed by atoms with Crippen LogP contribution in [0, 0.1) is 0 Å². The van der Waals surface area contributed by atoms with Crippen molar-refractivity contribution in [1.29, 1.82) is 0 Å². The molecule has 0 saturated heterocycles. The predicted molar refractivity (Wildman–Crippen MR) is 110 cm³/mol. The number of pyridine rings is 2. The summed E-state index contributed by atoms with van der Waals surface area (Å²) in [5.41, 5.74) is 9.57. The first-order chi connectivity index (χ1) is 12.7. The highest BCUT2D eigenvalue weighted by Crippen LogP contribution is 2.32. The lowest BCUT2D eigenvalue weighted by molar-refractivity contribution is 0.352. The van der Waals surface area contributed by atoms with Crippen molar-refractivity contribution in [1.82, 2.24) is 19.9 Å². The molecule has 3 aromatic heterocycles. The summed E-state index contributed by atoms with van der Waals surface area (Å²) in [5, 5.41) is 3.38. The number of nitrogens with one attached hydrogen (secondary N) is 1. The number of hydrogen-bond donors (Lipinski definition) is 2. The summed E-state index contributed by atoms with van der Waals surface area (Å²) in [6, 6.07) is 7.60. The number of hydrogen-bond acceptors (Lipinski definition) is 7. The van der Waals surface area contributed by atoms with Crippen LogP contribution in [-0.2, 0) is 6.42 Å². The summed E-state index contributed by atoms with van der Waals surface area (Å²) in [6.07, 6.45) is 6.00. The van der Waals surface area contributed by atoms with E-state index in [1.165, 1.54) is 5.56 Å². The van der Waals surface area contributed by atoms with Crippen molar-refractivity contribution < 1.29 is 4.74 Å². The molecule has 0 aromatic carbocycles. The van der Waals surface area contributed by atoms with Crippen LogP contribution in [0.5, 0.6) is 5.75 Å². The number of aromatic nitrogens is 4. The summed E-state index contributed by atoms with van der Waals surface area (Å²) in [7, 11) is 0. The Balaban J connectivity index is 0.00000210. The Morgan fingerprint density at radius 1 is 1.19 bits per heavy atom. The molecule has 0 fully saturated rings. The number of rotatable bonds is 5. The second kappa shape index (κ2) is 8.22. The minimum atomic E-state index is 0. The van der Waals surface area contributed by atoms with E-state index in [4.69, 9.17) is 10.5 Å². The van der Waals surface area contributed by atoms with Crippen LogP contribution in [0.4, 0.5) is 11.6 Å². The quantitative estimate of drug-likeness (QED) is 0.700. The minimum Gasteiger partial charge on any atom is -0.491 e. The van der Waals surface area contributed by atoms with Gasteiger partial charge in [-0.25, -0.2) is 15.0 Å². The maximum absolute atomic E-state index is 5.76.